The van der Waals surface area contributed by atoms with Crippen LogP contribution in [0, 0.1) is 0 Å². The minimum Gasteiger partial charge on any atom is -0.394 e. The van der Waals surface area contributed by atoms with E-state index in [4.69, 9.17) is 20.3 Å². The van der Waals surface area contributed by atoms with Gasteiger partial charge < -0.3 is 20.3 Å². The SMILES string of the molecule is CC1(C)O[C@@H](CN)[C@H](CO)O1. The van der Waals surface area contributed by atoms with Crippen LogP contribution in [0.5, 0.6) is 0 Å². The molecule has 0 spiro atoms. The Morgan fingerprint density at radius 1 is 1.36 bits per heavy atom. The zero-order valence-corrected chi connectivity index (χ0v) is 6.91. The van der Waals surface area contributed by atoms with Crippen molar-refractivity contribution in [3.8, 4) is 0 Å². The summed E-state index contributed by atoms with van der Waals surface area (Å²) in [6, 6.07) is 0. The summed E-state index contributed by atoms with van der Waals surface area (Å²) in [6.07, 6.45) is -0.440. The number of nitrogens with two attached hydrogens (primary N) is 1. The molecular formula is C7H15NO3. The fourth-order valence-electron chi connectivity index (χ4n) is 1.26. The van der Waals surface area contributed by atoms with Crippen LogP contribution in [0.4, 0.5) is 0 Å². The highest BCUT2D eigenvalue weighted by atomic mass is 16.8. The van der Waals surface area contributed by atoms with Crippen LogP contribution in [0.25, 0.3) is 0 Å². The van der Waals surface area contributed by atoms with E-state index in [2.05, 4.69) is 0 Å². The summed E-state index contributed by atoms with van der Waals surface area (Å²) in [5, 5.41) is 8.84. The molecule has 0 aromatic carbocycles. The van der Waals surface area contributed by atoms with Crippen LogP contribution in [0.3, 0.4) is 0 Å². The Bertz CT molecular complexity index is 124. The van der Waals surface area contributed by atoms with Gasteiger partial charge in [0.25, 0.3) is 0 Å². The Morgan fingerprint density at radius 3 is 2.27 bits per heavy atom. The van der Waals surface area contributed by atoms with Gasteiger partial charge in [0.15, 0.2) is 5.79 Å². The van der Waals surface area contributed by atoms with Crippen LogP contribution in [0.15, 0.2) is 0 Å². The van der Waals surface area contributed by atoms with Crippen LogP contribution in [0.1, 0.15) is 13.8 Å². The number of hydrogen-bond donors (Lipinski definition) is 2. The Labute approximate surface area is 66.3 Å². The van der Waals surface area contributed by atoms with Crippen molar-refractivity contribution in [1.82, 2.24) is 0 Å². The molecule has 1 rings (SSSR count). The van der Waals surface area contributed by atoms with Crippen LogP contribution in [0.2, 0.25) is 0 Å². The lowest BCUT2D eigenvalue weighted by atomic mass is 10.2. The Hall–Kier alpha value is -0.160. The Kier molecular flexibility index (Phi) is 2.49. The Balaban J connectivity index is 2.55. The van der Waals surface area contributed by atoms with Gasteiger partial charge in [0.05, 0.1) is 6.61 Å². The van der Waals surface area contributed by atoms with Gasteiger partial charge in [0, 0.05) is 6.54 Å². The third-order valence-electron chi connectivity index (χ3n) is 1.70. The molecule has 66 valence electrons. The van der Waals surface area contributed by atoms with Crippen LogP contribution >= 0.6 is 0 Å². The van der Waals surface area contributed by atoms with Crippen LogP contribution < -0.4 is 5.73 Å². The normalized spacial score (nSPS) is 36.0. The predicted molar refractivity (Wildman–Crippen MR) is 40.0 cm³/mol. The summed E-state index contributed by atoms with van der Waals surface area (Å²) >= 11 is 0. The zero-order valence-electron chi connectivity index (χ0n) is 6.91. The molecule has 1 saturated heterocycles. The highest BCUT2D eigenvalue weighted by molar-refractivity contribution is 4.81. The summed E-state index contributed by atoms with van der Waals surface area (Å²) in [5.74, 6) is -0.600. The standard InChI is InChI=1S/C7H15NO3/c1-7(2)10-5(3-8)6(4-9)11-7/h5-6,9H,3-4,8H2,1-2H3/t5-,6-/m0/s1. The minimum atomic E-state index is -0.600. The van der Waals surface area contributed by atoms with Crippen molar-refractivity contribution >= 4 is 0 Å². The number of ether oxygens (including phenoxy) is 2. The van der Waals surface area contributed by atoms with Gasteiger partial charge in [-0.15, -0.1) is 0 Å². The minimum absolute atomic E-state index is 0.0364. The average molecular weight is 161 g/mol. The second-order valence-electron chi connectivity index (χ2n) is 3.13. The highest BCUT2D eigenvalue weighted by Gasteiger charge is 2.39. The second-order valence-corrected chi connectivity index (χ2v) is 3.13. The van der Waals surface area contributed by atoms with Crippen molar-refractivity contribution < 1.29 is 14.6 Å². The highest BCUT2D eigenvalue weighted by Crippen LogP contribution is 2.26. The second kappa shape index (κ2) is 3.06. The fourth-order valence-corrected chi connectivity index (χ4v) is 1.26. The van der Waals surface area contributed by atoms with E-state index in [0.717, 1.165) is 0 Å². The van der Waals surface area contributed by atoms with E-state index in [0.29, 0.717) is 6.54 Å². The van der Waals surface area contributed by atoms with Gasteiger partial charge in [0.1, 0.15) is 12.2 Å². The molecule has 2 atom stereocenters. The monoisotopic (exact) mass is 161 g/mol. The molecule has 4 nitrogen and oxygen atoms in total. The molecular weight excluding hydrogens is 146 g/mol. The van der Waals surface area contributed by atoms with Gasteiger partial charge >= 0.3 is 0 Å². The quantitative estimate of drug-likeness (QED) is 0.570. The third kappa shape index (κ3) is 1.90. The van der Waals surface area contributed by atoms with Crippen molar-refractivity contribution in [3.63, 3.8) is 0 Å². The fraction of sp³-hybridized carbons (Fsp3) is 1.00. The van der Waals surface area contributed by atoms with Crippen molar-refractivity contribution in [1.29, 1.82) is 0 Å². The molecule has 0 radical (unpaired) electrons. The van der Waals surface area contributed by atoms with Crippen LogP contribution in [-0.4, -0.2) is 36.3 Å². The lowest BCUT2D eigenvalue weighted by molar-refractivity contribution is -0.148. The summed E-state index contributed by atoms with van der Waals surface area (Å²) in [7, 11) is 0. The first-order valence-electron chi connectivity index (χ1n) is 3.75. The summed E-state index contributed by atoms with van der Waals surface area (Å²) < 4.78 is 10.7. The van der Waals surface area contributed by atoms with Crippen molar-refractivity contribution in [2.45, 2.75) is 31.8 Å². The van der Waals surface area contributed by atoms with Gasteiger partial charge in [-0.05, 0) is 13.8 Å². The molecule has 1 aliphatic rings. The first-order chi connectivity index (χ1) is 5.09. The number of hydrogen-bond acceptors (Lipinski definition) is 4. The molecule has 0 amide bonds. The molecule has 4 heteroatoms. The number of rotatable bonds is 2. The average Bonchev–Trinajstić information content (AvgIpc) is 2.25. The van der Waals surface area contributed by atoms with E-state index in [-0.39, 0.29) is 18.8 Å². The van der Waals surface area contributed by atoms with E-state index >= 15 is 0 Å². The topological polar surface area (TPSA) is 64.7 Å². The van der Waals surface area contributed by atoms with Crippen molar-refractivity contribution in [2.24, 2.45) is 5.73 Å². The third-order valence-corrected chi connectivity index (χ3v) is 1.70. The lowest BCUT2D eigenvalue weighted by Gasteiger charge is -2.16. The van der Waals surface area contributed by atoms with Crippen molar-refractivity contribution in [3.05, 3.63) is 0 Å². The van der Waals surface area contributed by atoms with Gasteiger partial charge in [0.2, 0.25) is 0 Å². The first kappa shape index (κ1) is 8.93. The molecule has 0 aromatic rings. The number of aliphatic hydroxyl groups is 1. The lowest BCUT2D eigenvalue weighted by Crippen LogP contribution is -2.33. The van der Waals surface area contributed by atoms with Gasteiger partial charge in [-0.1, -0.05) is 0 Å². The van der Waals surface area contributed by atoms with E-state index < -0.39 is 5.79 Å². The van der Waals surface area contributed by atoms with Gasteiger partial charge in [-0.2, -0.15) is 0 Å². The van der Waals surface area contributed by atoms with Gasteiger partial charge in [-0.25, -0.2) is 0 Å². The van der Waals surface area contributed by atoms with Crippen molar-refractivity contribution in [2.75, 3.05) is 13.2 Å². The maximum atomic E-state index is 8.84. The summed E-state index contributed by atoms with van der Waals surface area (Å²) in [6.45, 7) is 3.97. The Morgan fingerprint density at radius 2 is 1.91 bits per heavy atom. The molecule has 1 heterocycles. The smallest absolute Gasteiger partial charge is 0.163 e. The largest absolute Gasteiger partial charge is 0.394 e. The molecule has 11 heavy (non-hydrogen) atoms. The molecule has 0 unspecified atom stereocenters. The molecule has 0 bridgehead atoms. The van der Waals surface area contributed by atoms with E-state index in [1.165, 1.54) is 0 Å². The maximum absolute atomic E-state index is 8.84. The van der Waals surface area contributed by atoms with E-state index in [1.807, 2.05) is 13.8 Å². The molecule has 0 saturated carbocycles. The van der Waals surface area contributed by atoms with E-state index in [9.17, 15) is 0 Å². The van der Waals surface area contributed by atoms with E-state index in [1.54, 1.807) is 0 Å². The van der Waals surface area contributed by atoms with Gasteiger partial charge in [-0.3, -0.25) is 0 Å². The zero-order chi connectivity index (χ0) is 8.48. The van der Waals surface area contributed by atoms with Crippen LogP contribution in [-0.2, 0) is 9.47 Å². The molecule has 0 aliphatic carbocycles. The maximum Gasteiger partial charge on any atom is 0.163 e. The summed E-state index contributed by atoms with van der Waals surface area (Å²) in [5.41, 5.74) is 5.40. The molecule has 0 aromatic heterocycles. The predicted octanol–water partition coefficient (Wildman–Crippen LogP) is -0.543. The molecule has 1 fully saturated rings. The summed E-state index contributed by atoms with van der Waals surface area (Å²) in [4.78, 5) is 0. The first-order valence-corrected chi connectivity index (χ1v) is 3.75. The molecule has 1 aliphatic heterocycles. The molecule has 3 N–H and O–H groups in total. The number of aliphatic hydroxyl groups excluding tert-OH is 1.